The number of hydroxylamine groups is 1. The average molecular weight is 253 g/mol. The maximum atomic E-state index is 5.30. The molecule has 1 aromatic rings. The van der Waals surface area contributed by atoms with Crippen molar-refractivity contribution >= 4 is 6.08 Å². The Balaban J connectivity index is 2.98. The van der Waals surface area contributed by atoms with Gasteiger partial charge in [0.1, 0.15) is 5.75 Å². The second-order valence-corrected chi connectivity index (χ2v) is 3.37. The molecule has 5 nitrogen and oxygen atoms in total. The van der Waals surface area contributed by atoms with Crippen LogP contribution in [0.5, 0.6) is 17.2 Å². The van der Waals surface area contributed by atoms with Crippen molar-refractivity contribution in [3.05, 3.63) is 23.8 Å². The Hall–Kier alpha value is -1.72. The van der Waals surface area contributed by atoms with Gasteiger partial charge in [-0.05, 0) is 6.07 Å². The molecule has 1 N–H and O–H groups in total. The Labute approximate surface area is 107 Å². The molecule has 100 valence electrons. The zero-order valence-electron chi connectivity index (χ0n) is 11.1. The summed E-state index contributed by atoms with van der Waals surface area (Å²) in [5.74, 6) is 2.01. The maximum absolute atomic E-state index is 5.30. The van der Waals surface area contributed by atoms with Crippen molar-refractivity contribution < 1.29 is 19.0 Å². The number of nitrogens with one attached hydrogen (secondary N) is 1. The van der Waals surface area contributed by atoms with Crippen molar-refractivity contribution in [2.24, 2.45) is 0 Å². The molecule has 0 atom stereocenters. The van der Waals surface area contributed by atoms with Gasteiger partial charge in [0.15, 0.2) is 11.5 Å². The lowest BCUT2D eigenvalue weighted by Crippen LogP contribution is -2.06. The monoisotopic (exact) mass is 253 g/mol. The van der Waals surface area contributed by atoms with Crippen molar-refractivity contribution in [3.63, 3.8) is 0 Å². The van der Waals surface area contributed by atoms with Gasteiger partial charge in [-0.2, -0.15) is 0 Å². The first-order chi connectivity index (χ1) is 8.76. The number of methoxy groups -OCH3 is 3. The lowest BCUT2D eigenvalue weighted by molar-refractivity contribution is 0.0814. The van der Waals surface area contributed by atoms with Gasteiger partial charge in [-0.1, -0.05) is 12.2 Å². The fourth-order valence-electron chi connectivity index (χ4n) is 1.49. The third-order valence-corrected chi connectivity index (χ3v) is 2.36. The molecule has 0 saturated heterocycles. The summed E-state index contributed by atoms with van der Waals surface area (Å²) >= 11 is 0. The van der Waals surface area contributed by atoms with E-state index in [2.05, 4.69) is 5.48 Å². The molecule has 0 aliphatic carbocycles. The van der Waals surface area contributed by atoms with E-state index in [1.165, 1.54) is 0 Å². The van der Waals surface area contributed by atoms with Gasteiger partial charge in [0.2, 0.25) is 0 Å². The van der Waals surface area contributed by atoms with E-state index in [1.807, 2.05) is 18.2 Å². The van der Waals surface area contributed by atoms with Gasteiger partial charge >= 0.3 is 0 Å². The van der Waals surface area contributed by atoms with Crippen LogP contribution in [0.3, 0.4) is 0 Å². The number of rotatable bonds is 7. The molecule has 0 heterocycles. The van der Waals surface area contributed by atoms with Crippen LogP contribution in [0.25, 0.3) is 6.08 Å². The highest BCUT2D eigenvalue weighted by molar-refractivity contribution is 5.63. The molecule has 0 amide bonds. The molecule has 5 heteroatoms. The van der Waals surface area contributed by atoms with Crippen LogP contribution in [0.1, 0.15) is 5.56 Å². The lowest BCUT2D eigenvalue weighted by Gasteiger charge is -2.12. The molecule has 0 aliphatic rings. The number of benzene rings is 1. The Kier molecular flexibility index (Phi) is 6.04. The molecule has 18 heavy (non-hydrogen) atoms. The molecule has 0 aromatic heterocycles. The van der Waals surface area contributed by atoms with Crippen LogP contribution in [-0.4, -0.2) is 35.0 Å². The second-order valence-electron chi connectivity index (χ2n) is 3.37. The van der Waals surface area contributed by atoms with Crippen LogP contribution >= 0.6 is 0 Å². The molecule has 0 fully saturated rings. The quantitative estimate of drug-likeness (QED) is 0.594. The highest BCUT2D eigenvalue weighted by Crippen LogP contribution is 2.35. The molecule has 0 unspecified atom stereocenters. The summed E-state index contributed by atoms with van der Waals surface area (Å²) < 4.78 is 15.8. The largest absolute Gasteiger partial charge is 0.496 e. The molecule has 0 aliphatic heterocycles. The van der Waals surface area contributed by atoms with E-state index in [0.29, 0.717) is 23.9 Å². The molecular weight excluding hydrogens is 234 g/mol. The van der Waals surface area contributed by atoms with Gasteiger partial charge in [-0.3, -0.25) is 4.84 Å². The fraction of sp³-hybridized carbons (Fsp3) is 0.385. The summed E-state index contributed by atoms with van der Waals surface area (Å²) in [6, 6.07) is 3.64. The molecule has 0 spiro atoms. The maximum Gasteiger partial charge on any atom is 0.164 e. The first kappa shape index (κ1) is 14.3. The average Bonchev–Trinajstić information content (AvgIpc) is 2.42. The number of ether oxygens (including phenoxy) is 3. The zero-order chi connectivity index (χ0) is 13.4. The fourth-order valence-corrected chi connectivity index (χ4v) is 1.49. The van der Waals surface area contributed by atoms with Gasteiger partial charge in [-0.25, -0.2) is 5.48 Å². The van der Waals surface area contributed by atoms with Gasteiger partial charge in [0.05, 0.1) is 27.9 Å². The normalized spacial score (nSPS) is 10.7. The van der Waals surface area contributed by atoms with Crippen LogP contribution in [0.4, 0.5) is 0 Å². The predicted octanol–water partition coefficient (Wildman–Crippen LogP) is 1.88. The van der Waals surface area contributed by atoms with Crippen LogP contribution in [0.2, 0.25) is 0 Å². The van der Waals surface area contributed by atoms with Crippen molar-refractivity contribution in [2.45, 2.75) is 0 Å². The van der Waals surface area contributed by atoms with Crippen molar-refractivity contribution in [3.8, 4) is 17.2 Å². The molecule has 1 aromatic carbocycles. The molecule has 0 bridgehead atoms. The lowest BCUT2D eigenvalue weighted by atomic mass is 10.1. The van der Waals surface area contributed by atoms with Crippen LogP contribution in [-0.2, 0) is 4.84 Å². The number of hydrogen-bond acceptors (Lipinski definition) is 5. The Morgan fingerprint density at radius 1 is 1.00 bits per heavy atom. The Morgan fingerprint density at radius 3 is 2.17 bits per heavy atom. The summed E-state index contributed by atoms with van der Waals surface area (Å²) in [5.41, 5.74) is 3.49. The standard InChI is InChI=1S/C13H19NO4/c1-14-18-7-5-6-10-8-12(16-3)13(17-4)9-11(10)15-2/h5-6,8-9,14H,7H2,1-4H3/b6-5+. The Morgan fingerprint density at radius 2 is 1.61 bits per heavy atom. The first-order valence-corrected chi connectivity index (χ1v) is 5.51. The van der Waals surface area contributed by atoms with Gasteiger partial charge in [0.25, 0.3) is 0 Å². The van der Waals surface area contributed by atoms with Gasteiger partial charge in [-0.15, -0.1) is 0 Å². The van der Waals surface area contributed by atoms with Crippen molar-refractivity contribution in [2.75, 3.05) is 35.0 Å². The third kappa shape index (κ3) is 3.65. The minimum absolute atomic E-state index is 0.466. The highest BCUT2D eigenvalue weighted by Gasteiger charge is 2.09. The van der Waals surface area contributed by atoms with Gasteiger partial charge < -0.3 is 14.2 Å². The zero-order valence-corrected chi connectivity index (χ0v) is 11.1. The molecule has 0 radical (unpaired) electrons. The van der Waals surface area contributed by atoms with E-state index < -0.39 is 0 Å². The summed E-state index contributed by atoms with van der Waals surface area (Å²) in [5, 5.41) is 0. The van der Waals surface area contributed by atoms with Crippen molar-refractivity contribution in [1.82, 2.24) is 5.48 Å². The summed E-state index contributed by atoms with van der Waals surface area (Å²) in [6.45, 7) is 0.466. The molecule has 1 rings (SSSR count). The smallest absolute Gasteiger partial charge is 0.164 e. The highest BCUT2D eigenvalue weighted by atomic mass is 16.6. The van der Waals surface area contributed by atoms with E-state index in [1.54, 1.807) is 34.4 Å². The van der Waals surface area contributed by atoms with E-state index >= 15 is 0 Å². The predicted molar refractivity (Wildman–Crippen MR) is 70.1 cm³/mol. The van der Waals surface area contributed by atoms with Gasteiger partial charge in [0, 0.05) is 18.7 Å². The van der Waals surface area contributed by atoms with Crippen LogP contribution in [0.15, 0.2) is 18.2 Å². The van der Waals surface area contributed by atoms with Crippen molar-refractivity contribution in [1.29, 1.82) is 0 Å². The van der Waals surface area contributed by atoms with E-state index in [4.69, 9.17) is 19.0 Å². The topological polar surface area (TPSA) is 49.0 Å². The molecular formula is C13H19NO4. The Bertz CT molecular complexity index is 404. The minimum atomic E-state index is 0.466. The van der Waals surface area contributed by atoms with Crippen LogP contribution < -0.4 is 19.7 Å². The van der Waals surface area contributed by atoms with E-state index in [9.17, 15) is 0 Å². The summed E-state index contributed by atoms with van der Waals surface area (Å²) in [6.07, 6.45) is 3.78. The van der Waals surface area contributed by atoms with E-state index in [-0.39, 0.29) is 0 Å². The third-order valence-electron chi connectivity index (χ3n) is 2.36. The van der Waals surface area contributed by atoms with Crippen LogP contribution in [0, 0.1) is 0 Å². The SMILES string of the molecule is CNOC/C=C/c1cc(OC)c(OC)cc1OC. The summed E-state index contributed by atoms with van der Waals surface area (Å²) in [4.78, 5) is 5.00. The minimum Gasteiger partial charge on any atom is -0.496 e. The molecule has 0 saturated carbocycles. The summed E-state index contributed by atoms with van der Waals surface area (Å²) in [7, 11) is 6.52. The number of hydrogen-bond donors (Lipinski definition) is 1. The van der Waals surface area contributed by atoms with E-state index in [0.717, 1.165) is 5.56 Å². The first-order valence-electron chi connectivity index (χ1n) is 5.51. The second kappa shape index (κ2) is 7.58.